The third-order valence-electron chi connectivity index (χ3n) is 4.97. The SMILES string of the molecule is N#CC(C#N)=C1N=c2ccc(-c3nc(Cl)nc(-c4nc5cc(C#N)c(C#N)cc5o4)n3)c(C#N)c2=N1. The molecule has 0 bridgehead atoms. The van der Waals surface area contributed by atoms with E-state index in [0.717, 1.165) is 0 Å². The van der Waals surface area contributed by atoms with E-state index in [0.29, 0.717) is 10.9 Å². The predicted octanol–water partition coefficient (Wildman–Crippen LogP) is 2.13. The third-order valence-corrected chi connectivity index (χ3v) is 5.14. The number of fused-ring (bicyclic) bond motifs is 2. The molecule has 164 valence electrons. The molecule has 2 aromatic heterocycles. The molecule has 0 aliphatic carbocycles. The minimum atomic E-state index is -0.294. The molecule has 13 heteroatoms. The van der Waals surface area contributed by atoms with Crippen LogP contribution in [0.1, 0.15) is 16.7 Å². The summed E-state index contributed by atoms with van der Waals surface area (Å²) in [6.07, 6.45) is 0. The van der Waals surface area contributed by atoms with Gasteiger partial charge in [0.25, 0.3) is 5.89 Å². The second-order valence-corrected chi connectivity index (χ2v) is 7.31. The number of halogens is 1. The van der Waals surface area contributed by atoms with Crippen LogP contribution in [0.3, 0.4) is 0 Å². The van der Waals surface area contributed by atoms with Gasteiger partial charge in [-0.05, 0) is 29.8 Å². The molecule has 0 atom stereocenters. The lowest BCUT2D eigenvalue weighted by molar-refractivity contribution is 0.612. The molecule has 36 heavy (non-hydrogen) atoms. The Kier molecular flexibility index (Phi) is 5.10. The fourth-order valence-electron chi connectivity index (χ4n) is 3.39. The zero-order chi connectivity index (χ0) is 25.4. The van der Waals surface area contributed by atoms with E-state index >= 15 is 0 Å². The summed E-state index contributed by atoms with van der Waals surface area (Å²) in [6, 6.07) is 15.2. The van der Waals surface area contributed by atoms with Crippen molar-refractivity contribution in [2.75, 3.05) is 0 Å². The molecular weight excluding hydrogens is 482 g/mol. The molecule has 0 spiro atoms. The molecular formula is C23H4ClN11O. The monoisotopic (exact) mass is 485 g/mol. The lowest BCUT2D eigenvalue weighted by atomic mass is 10.1. The molecule has 0 amide bonds. The van der Waals surface area contributed by atoms with Crippen LogP contribution in [0.15, 0.2) is 50.1 Å². The van der Waals surface area contributed by atoms with Crippen LogP contribution in [0.4, 0.5) is 0 Å². The number of allylic oxidation sites excluding steroid dienone is 1. The van der Waals surface area contributed by atoms with Crippen molar-refractivity contribution in [3.8, 4) is 53.4 Å². The Hall–Kier alpha value is -6.00. The van der Waals surface area contributed by atoms with Gasteiger partial charge in [-0.3, -0.25) is 0 Å². The normalized spacial score (nSPS) is 11.2. The van der Waals surface area contributed by atoms with Gasteiger partial charge in [0.2, 0.25) is 11.1 Å². The average molecular weight is 486 g/mol. The lowest BCUT2D eigenvalue weighted by Gasteiger charge is -2.04. The van der Waals surface area contributed by atoms with Crippen molar-refractivity contribution >= 4 is 22.7 Å². The molecule has 3 heterocycles. The van der Waals surface area contributed by atoms with Crippen molar-refractivity contribution in [2.45, 2.75) is 0 Å². The summed E-state index contributed by atoms with van der Waals surface area (Å²) in [5.74, 6) is -0.193. The van der Waals surface area contributed by atoms with E-state index in [4.69, 9.17) is 26.5 Å². The summed E-state index contributed by atoms with van der Waals surface area (Å²) in [6.45, 7) is 0. The lowest BCUT2D eigenvalue weighted by Crippen LogP contribution is -2.25. The zero-order valence-electron chi connectivity index (χ0n) is 17.5. The van der Waals surface area contributed by atoms with Gasteiger partial charge in [0.15, 0.2) is 22.8 Å². The molecule has 1 aliphatic heterocycles. The maximum Gasteiger partial charge on any atom is 0.266 e. The number of nitriles is 5. The second-order valence-electron chi connectivity index (χ2n) is 6.97. The van der Waals surface area contributed by atoms with Crippen LogP contribution in [-0.4, -0.2) is 19.9 Å². The fourth-order valence-corrected chi connectivity index (χ4v) is 3.55. The highest BCUT2D eigenvalue weighted by Gasteiger charge is 2.21. The number of nitrogens with zero attached hydrogens (tertiary/aromatic N) is 11. The van der Waals surface area contributed by atoms with Gasteiger partial charge < -0.3 is 4.42 Å². The first-order valence-corrected chi connectivity index (χ1v) is 10.1. The first-order valence-electron chi connectivity index (χ1n) is 9.71. The molecule has 0 unspecified atom stereocenters. The summed E-state index contributed by atoms with van der Waals surface area (Å²) < 4.78 is 5.69. The van der Waals surface area contributed by atoms with Crippen molar-refractivity contribution in [3.63, 3.8) is 0 Å². The highest BCUT2D eigenvalue weighted by molar-refractivity contribution is 6.28. The molecule has 1 aliphatic rings. The van der Waals surface area contributed by atoms with Gasteiger partial charge in [0.1, 0.15) is 41.2 Å². The van der Waals surface area contributed by atoms with E-state index in [1.807, 2.05) is 18.2 Å². The van der Waals surface area contributed by atoms with Gasteiger partial charge >= 0.3 is 0 Å². The van der Waals surface area contributed by atoms with Gasteiger partial charge in [0, 0.05) is 11.6 Å². The Morgan fingerprint density at radius 3 is 2.22 bits per heavy atom. The summed E-state index contributed by atoms with van der Waals surface area (Å²) in [5, 5.41) is 46.8. The van der Waals surface area contributed by atoms with Crippen molar-refractivity contribution in [3.05, 3.63) is 68.3 Å². The molecule has 0 N–H and O–H groups in total. The van der Waals surface area contributed by atoms with Crippen LogP contribution in [0.2, 0.25) is 5.28 Å². The zero-order valence-corrected chi connectivity index (χ0v) is 18.3. The summed E-state index contributed by atoms with van der Waals surface area (Å²) in [7, 11) is 0. The highest BCUT2D eigenvalue weighted by Crippen LogP contribution is 2.27. The molecule has 12 nitrogen and oxygen atoms in total. The van der Waals surface area contributed by atoms with Crippen LogP contribution >= 0.6 is 11.6 Å². The van der Waals surface area contributed by atoms with Crippen molar-refractivity contribution in [1.29, 1.82) is 26.3 Å². The number of hydrogen-bond acceptors (Lipinski definition) is 12. The standard InChI is InChI=1S/C23H4ClN11O/c24-23-34-20(13-1-2-15-18(14(13)9-29)32-19(30-15)12(7-27)8-28)33-21(35-23)22-31-16-3-10(5-25)11(6-26)4-17(16)36-22/h1-4H. The minimum Gasteiger partial charge on any atom is -0.433 e. The van der Waals surface area contributed by atoms with Gasteiger partial charge in [0.05, 0.1) is 22.0 Å². The molecule has 0 saturated carbocycles. The summed E-state index contributed by atoms with van der Waals surface area (Å²) >= 11 is 6.14. The minimum absolute atomic E-state index is 0.00968. The topological polar surface area (TPSA) is 208 Å². The van der Waals surface area contributed by atoms with E-state index in [2.05, 4.69) is 29.9 Å². The molecule has 0 fully saturated rings. The smallest absolute Gasteiger partial charge is 0.266 e. The highest BCUT2D eigenvalue weighted by atomic mass is 35.5. The first-order chi connectivity index (χ1) is 17.5. The van der Waals surface area contributed by atoms with E-state index in [9.17, 15) is 15.8 Å². The van der Waals surface area contributed by atoms with Gasteiger partial charge in [-0.2, -0.15) is 36.3 Å². The Bertz CT molecular complexity index is 1960. The maximum atomic E-state index is 9.85. The summed E-state index contributed by atoms with van der Waals surface area (Å²) in [5.41, 5.74) is 0.791. The van der Waals surface area contributed by atoms with E-state index in [1.165, 1.54) is 24.3 Å². The van der Waals surface area contributed by atoms with Crippen molar-refractivity contribution in [1.82, 2.24) is 19.9 Å². The average Bonchev–Trinajstić information content (AvgIpc) is 3.51. The second kappa shape index (κ2) is 8.41. The van der Waals surface area contributed by atoms with Crippen LogP contribution in [-0.2, 0) is 0 Å². The number of benzene rings is 2. The summed E-state index contributed by atoms with van der Waals surface area (Å²) in [4.78, 5) is 25.1. The van der Waals surface area contributed by atoms with Crippen LogP contribution in [0.5, 0.6) is 0 Å². The predicted molar refractivity (Wildman–Crippen MR) is 118 cm³/mol. The Morgan fingerprint density at radius 2 is 1.53 bits per heavy atom. The quantitative estimate of drug-likeness (QED) is 0.377. The van der Waals surface area contributed by atoms with E-state index in [-0.39, 0.29) is 67.4 Å². The third kappa shape index (κ3) is 3.44. The van der Waals surface area contributed by atoms with Gasteiger partial charge in [-0.1, -0.05) is 0 Å². The van der Waals surface area contributed by atoms with E-state index in [1.54, 1.807) is 12.1 Å². The number of rotatable bonds is 2. The number of hydrogen-bond donors (Lipinski definition) is 0. The largest absolute Gasteiger partial charge is 0.433 e. The van der Waals surface area contributed by atoms with Crippen molar-refractivity contribution < 1.29 is 4.42 Å². The number of aromatic nitrogens is 4. The van der Waals surface area contributed by atoms with Crippen LogP contribution in [0, 0.1) is 56.7 Å². The van der Waals surface area contributed by atoms with E-state index < -0.39 is 0 Å². The Morgan fingerprint density at radius 1 is 0.806 bits per heavy atom. The Labute approximate surface area is 205 Å². The van der Waals surface area contributed by atoms with Crippen LogP contribution in [0.25, 0.3) is 34.2 Å². The number of oxazole rings is 1. The Balaban J connectivity index is 1.69. The van der Waals surface area contributed by atoms with Gasteiger partial charge in [-0.25, -0.2) is 20.0 Å². The molecule has 2 aromatic carbocycles. The fraction of sp³-hybridized carbons (Fsp3) is 0. The molecule has 4 aromatic rings. The molecule has 0 radical (unpaired) electrons. The van der Waals surface area contributed by atoms with Crippen molar-refractivity contribution in [2.24, 2.45) is 9.98 Å². The molecule has 0 saturated heterocycles. The molecule has 5 rings (SSSR count). The first kappa shape index (κ1) is 21.8. The van der Waals surface area contributed by atoms with Gasteiger partial charge in [-0.15, -0.1) is 0 Å². The van der Waals surface area contributed by atoms with Crippen LogP contribution < -0.4 is 10.7 Å². The maximum absolute atomic E-state index is 9.85.